The summed E-state index contributed by atoms with van der Waals surface area (Å²) in [4.78, 5) is 0. The molecule has 0 unspecified atom stereocenters. The van der Waals surface area contributed by atoms with E-state index in [2.05, 4.69) is 0 Å². The van der Waals surface area contributed by atoms with Crippen molar-refractivity contribution >= 4 is 41.0 Å². The van der Waals surface area contributed by atoms with E-state index in [0.717, 1.165) is 0 Å². The summed E-state index contributed by atoms with van der Waals surface area (Å²) < 4.78 is 0. The van der Waals surface area contributed by atoms with Crippen molar-refractivity contribution in [3.05, 3.63) is 0 Å². The molecule has 0 fully saturated rings. The van der Waals surface area contributed by atoms with Crippen LogP contribution in [-0.2, 0) is 39.0 Å². The van der Waals surface area contributed by atoms with Gasteiger partial charge in [0.1, 0.15) is 0 Å². The van der Waals surface area contributed by atoms with Gasteiger partial charge in [0.05, 0.1) is 0 Å². The van der Waals surface area contributed by atoms with Crippen molar-refractivity contribution in [3.63, 3.8) is 0 Å². The largest absolute Gasteiger partial charge is 0.114 e. The molecule has 0 aliphatic carbocycles. The third-order valence-corrected chi connectivity index (χ3v) is 0. The number of hydrogen-bond donors (Lipinski definition) is 0. The molecule has 0 aliphatic heterocycles. The van der Waals surface area contributed by atoms with Gasteiger partial charge in [-0.3, -0.25) is 0 Å². The molecule has 0 heterocycles. The predicted molar refractivity (Wildman–Crippen MR) is 25.7 cm³/mol. The van der Waals surface area contributed by atoms with Gasteiger partial charge in [-0.25, -0.2) is 0 Å². The Balaban J connectivity index is 0. The maximum Gasteiger partial charge on any atom is 0 e. The van der Waals surface area contributed by atoms with Crippen LogP contribution < -0.4 is 0 Å². The minimum atomic E-state index is 0. The van der Waals surface area contributed by atoms with Gasteiger partial charge in [0, 0.05) is 39.0 Å². The van der Waals surface area contributed by atoms with Gasteiger partial charge in [-0.05, 0) is 0 Å². The number of halogens is 2. The summed E-state index contributed by atoms with van der Waals surface area (Å²) in [6, 6.07) is 0. The molecule has 0 spiro atoms. The Bertz CT molecular complexity index is 6.00. The van der Waals surface area contributed by atoms with Crippen LogP contribution in [-0.4, -0.2) is 0 Å². The van der Waals surface area contributed by atoms with Crippen LogP contribution in [0.1, 0.15) is 0 Å². The molecule has 0 aromatic carbocycles. The molecule has 4 heavy (non-hydrogen) atoms. The topological polar surface area (TPSA) is 0 Å². The molecule has 0 saturated carbocycles. The van der Waals surface area contributed by atoms with Gasteiger partial charge in [-0.2, -0.15) is 0 Å². The first-order valence-corrected chi connectivity index (χ1v) is 0. The summed E-state index contributed by atoms with van der Waals surface area (Å²) in [5.74, 6) is 0. The third-order valence-electron chi connectivity index (χ3n) is 0. The molecular weight excluding hydrogens is 338 g/mol. The predicted octanol–water partition coefficient (Wildman–Crippen LogP) is 1.19. The van der Waals surface area contributed by atoms with Crippen molar-refractivity contribution in [1.82, 2.24) is 0 Å². The third kappa shape index (κ3) is 8.82. The van der Waals surface area contributed by atoms with E-state index in [1.165, 1.54) is 0 Å². The van der Waals surface area contributed by atoms with Crippen LogP contribution in [0.3, 0.4) is 0 Å². The zero-order valence-corrected chi connectivity index (χ0v) is 12.2. The normalized spacial score (nSPS) is 0. The van der Waals surface area contributed by atoms with Gasteiger partial charge in [-0.1, -0.05) is 0 Å². The first kappa shape index (κ1) is 31.9. The summed E-state index contributed by atoms with van der Waals surface area (Å²) in [6.07, 6.45) is 0. The first-order chi connectivity index (χ1) is 0. The minimum Gasteiger partial charge on any atom is -0.114 e. The average molecular weight is 340 g/mol. The van der Waals surface area contributed by atoms with E-state index >= 15 is 0 Å². The second-order valence-electron chi connectivity index (χ2n) is 0. The summed E-state index contributed by atoms with van der Waals surface area (Å²) in [5, 5.41) is 0. The van der Waals surface area contributed by atoms with Gasteiger partial charge in [-0.15, -0.1) is 41.0 Å². The zero-order chi connectivity index (χ0) is 0. The zero-order valence-electron chi connectivity index (χ0n) is 2.23. The van der Waals surface area contributed by atoms with E-state index in [4.69, 9.17) is 0 Å². The fourth-order valence-electron chi connectivity index (χ4n) is 0. The Morgan fingerprint density at radius 2 is 0.750 bits per heavy atom. The smallest absolute Gasteiger partial charge is 0 e. The standard InChI is InChI=1S/BrH.HI.2Zn/h2*1H;;. The van der Waals surface area contributed by atoms with Crippen molar-refractivity contribution < 1.29 is 39.0 Å². The van der Waals surface area contributed by atoms with Crippen LogP contribution in [0.4, 0.5) is 0 Å². The van der Waals surface area contributed by atoms with Crippen LogP contribution in [0, 0.1) is 0 Å². The molecule has 0 aromatic heterocycles. The molecule has 0 nitrogen and oxygen atoms in total. The molecular formula is H2BrIZn2. The van der Waals surface area contributed by atoms with Gasteiger partial charge in [0.25, 0.3) is 0 Å². The van der Waals surface area contributed by atoms with Gasteiger partial charge in [0.2, 0.25) is 0 Å². The molecule has 20 valence electrons. The Hall–Kier alpha value is 2.46. The van der Waals surface area contributed by atoms with Crippen molar-refractivity contribution in [3.8, 4) is 0 Å². The second-order valence-corrected chi connectivity index (χ2v) is 0. The molecule has 0 bridgehead atoms. The van der Waals surface area contributed by atoms with Crippen LogP contribution in [0.25, 0.3) is 0 Å². The fraction of sp³-hybridized carbons (Fsp3) is 0. The number of hydrogen-bond acceptors (Lipinski definition) is 0. The molecule has 0 saturated heterocycles. The maximum atomic E-state index is 0. The average Bonchev–Trinajstić information content (AvgIpc) is 0. The van der Waals surface area contributed by atoms with E-state index in [1.54, 1.807) is 0 Å². The Labute approximate surface area is 78.8 Å². The van der Waals surface area contributed by atoms with E-state index in [1.807, 2.05) is 0 Å². The molecule has 0 aromatic rings. The van der Waals surface area contributed by atoms with Crippen LogP contribution >= 0.6 is 41.0 Å². The minimum absolute atomic E-state index is 0. The molecule has 0 aliphatic rings. The molecule has 0 rings (SSSR count). The number of rotatable bonds is 0. The van der Waals surface area contributed by atoms with Crippen LogP contribution in [0.5, 0.6) is 0 Å². The summed E-state index contributed by atoms with van der Waals surface area (Å²) >= 11 is 0. The second kappa shape index (κ2) is 18.0. The SMILES string of the molecule is Br.I.[Zn].[Zn]. The van der Waals surface area contributed by atoms with Gasteiger partial charge in [0.15, 0.2) is 0 Å². The molecule has 0 radical (unpaired) electrons. The van der Waals surface area contributed by atoms with Crippen molar-refractivity contribution in [2.24, 2.45) is 0 Å². The fourth-order valence-corrected chi connectivity index (χ4v) is 0. The van der Waals surface area contributed by atoms with E-state index in [9.17, 15) is 0 Å². The maximum absolute atomic E-state index is 0. The first-order valence-electron chi connectivity index (χ1n) is 0. The van der Waals surface area contributed by atoms with Crippen molar-refractivity contribution in [1.29, 1.82) is 0 Å². The van der Waals surface area contributed by atoms with Crippen LogP contribution in [0.15, 0.2) is 0 Å². The van der Waals surface area contributed by atoms with Crippen LogP contribution in [0.2, 0.25) is 0 Å². The van der Waals surface area contributed by atoms with Crippen molar-refractivity contribution in [2.75, 3.05) is 0 Å². The van der Waals surface area contributed by atoms with Gasteiger partial charge < -0.3 is 0 Å². The van der Waals surface area contributed by atoms with E-state index < -0.39 is 0 Å². The molecule has 0 amide bonds. The molecule has 4 heteroatoms. The van der Waals surface area contributed by atoms with E-state index in [0.29, 0.717) is 0 Å². The summed E-state index contributed by atoms with van der Waals surface area (Å²) in [5.41, 5.74) is 0. The van der Waals surface area contributed by atoms with E-state index in [-0.39, 0.29) is 79.9 Å². The monoisotopic (exact) mass is 336 g/mol. The Morgan fingerprint density at radius 1 is 0.750 bits per heavy atom. The van der Waals surface area contributed by atoms with Crippen molar-refractivity contribution in [2.45, 2.75) is 0 Å². The Kier molecular flexibility index (Phi) is 143. The molecule has 0 N–H and O–H groups in total. The quantitative estimate of drug-likeness (QED) is 0.459. The Morgan fingerprint density at radius 3 is 0.750 bits per heavy atom. The summed E-state index contributed by atoms with van der Waals surface area (Å²) in [6.45, 7) is 0. The molecule has 0 atom stereocenters. The van der Waals surface area contributed by atoms with Gasteiger partial charge >= 0.3 is 0 Å². The summed E-state index contributed by atoms with van der Waals surface area (Å²) in [7, 11) is 0.